The molecule has 0 aliphatic carbocycles. The Labute approximate surface area is 216 Å². The Balaban J connectivity index is 0.00000253. The molecule has 3 heterocycles. The van der Waals surface area contributed by atoms with Crippen LogP contribution >= 0.6 is 0 Å². The summed E-state index contributed by atoms with van der Waals surface area (Å²) < 4.78 is 13.3. The Hall–Kier alpha value is -4.02. The van der Waals surface area contributed by atoms with Gasteiger partial charge in [-0.3, -0.25) is 4.98 Å². The van der Waals surface area contributed by atoms with Gasteiger partial charge in [0.1, 0.15) is 5.75 Å². The quantitative estimate of drug-likeness (QED) is 0.216. The molecular weight excluding hydrogens is 619 g/mol. The minimum atomic E-state index is 0. The summed E-state index contributed by atoms with van der Waals surface area (Å²) in [5, 5.41) is 2.23. The van der Waals surface area contributed by atoms with Crippen LogP contribution in [0.1, 0.15) is 0 Å². The van der Waals surface area contributed by atoms with Crippen LogP contribution < -0.4 is 9.47 Å². The molecule has 0 amide bonds. The van der Waals surface area contributed by atoms with Gasteiger partial charge in [-0.05, 0) is 23.0 Å². The van der Waals surface area contributed by atoms with Crippen molar-refractivity contribution in [1.82, 2.24) is 19.5 Å². The largest absolute Gasteiger partial charge is 2.00 e. The van der Waals surface area contributed by atoms with Crippen LogP contribution in [-0.4, -0.2) is 26.6 Å². The first kappa shape index (κ1) is 22.8. The summed E-state index contributed by atoms with van der Waals surface area (Å²) in [6, 6.07) is 28.6. The van der Waals surface area contributed by atoms with Gasteiger partial charge in [0.2, 0.25) is 5.88 Å². The zero-order valence-electron chi connectivity index (χ0n) is 18.6. The van der Waals surface area contributed by atoms with E-state index in [9.17, 15) is 0 Å². The maximum absolute atomic E-state index is 5.93. The number of hydrogen-bond acceptors (Lipinski definition) is 5. The summed E-state index contributed by atoms with van der Waals surface area (Å²) in [6.45, 7) is 0. The van der Waals surface area contributed by atoms with Gasteiger partial charge in [0, 0.05) is 35.9 Å². The van der Waals surface area contributed by atoms with Gasteiger partial charge >= 0.3 is 21.1 Å². The molecule has 3 aromatic carbocycles. The van der Waals surface area contributed by atoms with E-state index in [1.54, 1.807) is 44.0 Å². The topological polar surface area (TPSA) is 62.1 Å². The molecule has 6 rings (SSSR count). The van der Waals surface area contributed by atoms with Gasteiger partial charge in [-0.25, -0.2) is 21.1 Å². The molecule has 0 radical (unpaired) electrons. The Kier molecular flexibility index (Phi) is 6.30. The normalized spacial score (nSPS) is 10.8. The molecular formula is C28H18N4O2Pt. The van der Waals surface area contributed by atoms with Gasteiger partial charge in [-0.1, -0.05) is 23.6 Å². The van der Waals surface area contributed by atoms with Crippen molar-refractivity contribution in [3.8, 4) is 34.3 Å². The number of benzene rings is 3. The van der Waals surface area contributed by atoms with Gasteiger partial charge < -0.3 is 14.0 Å². The SMILES string of the molecule is COc1ccnc(Oc2[c-]c(-c3[c-]c4c(cc3)c3ccccc3n4-c3cnccn3)ccc2)c1.[Pt+2]. The van der Waals surface area contributed by atoms with Crippen molar-refractivity contribution >= 4 is 21.8 Å². The molecule has 172 valence electrons. The number of nitrogens with zero attached hydrogens (tertiary/aromatic N) is 4. The molecule has 0 spiro atoms. The van der Waals surface area contributed by atoms with Crippen molar-refractivity contribution in [2.45, 2.75) is 0 Å². The molecule has 0 bridgehead atoms. The summed E-state index contributed by atoms with van der Waals surface area (Å²) in [5.74, 6) is 2.42. The summed E-state index contributed by atoms with van der Waals surface area (Å²) in [6.07, 6.45) is 6.77. The molecule has 0 N–H and O–H groups in total. The van der Waals surface area contributed by atoms with Crippen molar-refractivity contribution in [3.63, 3.8) is 0 Å². The monoisotopic (exact) mass is 637 g/mol. The molecule has 6 nitrogen and oxygen atoms in total. The first-order chi connectivity index (χ1) is 16.8. The molecule has 0 saturated carbocycles. The van der Waals surface area contributed by atoms with Crippen LogP contribution in [0.3, 0.4) is 0 Å². The molecule has 0 atom stereocenters. The Bertz CT molecular complexity index is 1630. The fourth-order valence-electron chi connectivity index (χ4n) is 4.05. The molecule has 0 fully saturated rings. The van der Waals surface area contributed by atoms with Gasteiger partial charge in [-0.2, -0.15) is 24.3 Å². The van der Waals surface area contributed by atoms with E-state index < -0.39 is 0 Å². The molecule has 3 aromatic heterocycles. The number of aromatic nitrogens is 4. The van der Waals surface area contributed by atoms with Crippen LogP contribution in [0.2, 0.25) is 0 Å². The van der Waals surface area contributed by atoms with Gasteiger partial charge in [0.05, 0.1) is 13.3 Å². The van der Waals surface area contributed by atoms with Crippen molar-refractivity contribution in [2.24, 2.45) is 0 Å². The zero-order valence-corrected chi connectivity index (χ0v) is 20.9. The number of pyridine rings is 1. The number of rotatable bonds is 5. The average Bonchev–Trinajstić information content (AvgIpc) is 3.23. The minimum Gasteiger partial charge on any atom is -0.497 e. The van der Waals surface area contributed by atoms with Crippen LogP contribution in [-0.2, 0) is 21.1 Å². The molecule has 0 saturated heterocycles. The number of para-hydroxylation sites is 1. The second kappa shape index (κ2) is 9.69. The van der Waals surface area contributed by atoms with Gasteiger partial charge in [0.25, 0.3) is 0 Å². The molecule has 6 aromatic rings. The summed E-state index contributed by atoms with van der Waals surface area (Å²) in [7, 11) is 1.61. The Morgan fingerprint density at radius 3 is 2.54 bits per heavy atom. The van der Waals surface area contributed by atoms with E-state index in [0.29, 0.717) is 17.4 Å². The minimum absolute atomic E-state index is 0. The van der Waals surface area contributed by atoms with E-state index in [4.69, 9.17) is 9.47 Å². The van der Waals surface area contributed by atoms with Gasteiger partial charge in [-0.15, -0.1) is 18.2 Å². The predicted molar refractivity (Wildman–Crippen MR) is 130 cm³/mol. The van der Waals surface area contributed by atoms with Crippen LogP contribution in [0.15, 0.2) is 91.5 Å². The second-order valence-corrected chi connectivity index (χ2v) is 7.62. The molecule has 7 heteroatoms. The third-order valence-corrected chi connectivity index (χ3v) is 5.58. The van der Waals surface area contributed by atoms with E-state index >= 15 is 0 Å². The van der Waals surface area contributed by atoms with Crippen LogP contribution in [0.5, 0.6) is 17.4 Å². The summed E-state index contributed by atoms with van der Waals surface area (Å²) >= 11 is 0. The van der Waals surface area contributed by atoms with Crippen molar-refractivity contribution in [2.75, 3.05) is 7.11 Å². The number of ether oxygens (including phenoxy) is 2. The second-order valence-electron chi connectivity index (χ2n) is 7.62. The van der Waals surface area contributed by atoms with Crippen molar-refractivity contribution in [3.05, 3.63) is 104 Å². The fourth-order valence-corrected chi connectivity index (χ4v) is 4.05. The van der Waals surface area contributed by atoms with E-state index in [-0.39, 0.29) is 21.1 Å². The van der Waals surface area contributed by atoms with Crippen molar-refractivity contribution in [1.29, 1.82) is 0 Å². The van der Waals surface area contributed by atoms with E-state index in [1.807, 2.05) is 30.3 Å². The van der Waals surface area contributed by atoms with Crippen molar-refractivity contribution < 1.29 is 30.5 Å². The number of hydrogen-bond donors (Lipinski definition) is 0. The molecule has 0 aliphatic heterocycles. The molecule has 0 aliphatic rings. The zero-order chi connectivity index (χ0) is 22.9. The maximum Gasteiger partial charge on any atom is 2.00 e. The standard InChI is InChI=1S/C28H18N4O2.Pt/c1-33-21-11-12-31-28(17-21)34-22-6-4-5-19(15-22)20-9-10-24-23-7-2-3-8-25(23)32(26(24)16-20)27-18-29-13-14-30-27;/h2-14,17-18H,1H3;/q-2;+2. The molecule has 35 heavy (non-hydrogen) atoms. The van der Waals surface area contributed by atoms with E-state index in [2.05, 4.69) is 55.9 Å². The summed E-state index contributed by atoms with van der Waals surface area (Å²) in [4.78, 5) is 13.0. The number of methoxy groups -OCH3 is 1. The van der Waals surface area contributed by atoms with E-state index in [1.165, 1.54) is 0 Å². The Morgan fingerprint density at radius 2 is 1.69 bits per heavy atom. The maximum atomic E-state index is 5.93. The third-order valence-electron chi connectivity index (χ3n) is 5.58. The van der Waals surface area contributed by atoms with E-state index in [0.717, 1.165) is 38.8 Å². The third kappa shape index (κ3) is 4.29. The fraction of sp³-hybridized carbons (Fsp3) is 0.0357. The predicted octanol–water partition coefficient (Wildman–Crippen LogP) is 6.03. The number of fused-ring (bicyclic) bond motifs is 3. The average molecular weight is 638 g/mol. The first-order valence-corrected chi connectivity index (χ1v) is 10.7. The smallest absolute Gasteiger partial charge is 0.497 e. The Morgan fingerprint density at radius 1 is 0.800 bits per heavy atom. The van der Waals surface area contributed by atoms with Crippen LogP contribution in [0.25, 0.3) is 38.8 Å². The summed E-state index contributed by atoms with van der Waals surface area (Å²) in [5.41, 5.74) is 3.73. The first-order valence-electron chi connectivity index (χ1n) is 10.7. The molecule has 0 unspecified atom stereocenters. The van der Waals surface area contributed by atoms with Crippen LogP contribution in [0, 0.1) is 12.1 Å². The van der Waals surface area contributed by atoms with Gasteiger partial charge in [0.15, 0.2) is 5.82 Å². The van der Waals surface area contributed by atoms with Crippen LogP contribution in [0.4, 0.5) is 0 Å².